The molecule has 4 fully saturated rings. The van der Waals surface area contributed by atoms with E-state index in [-0.39, 0.29) is 16.2 Å². The fraction of sp³-hybridized carbons (Fsp3) is 0.667. The average Bonchev–Trinajstić information content (AvgIpc) is 2.60. The molecule has 5 nitrogen and oxygen atoms in total. The van der Waals surface area contributed by atoms with Crippen molar-refractivity contribution in [3.8, 4) is 0 Å². The minimum atomic E-state index is -3.59. The molecule has 0 atom stereocenters. The van der Waals surface area contributed by atoms with Gasteiger partial charge in [-0.1, -0.05) is 0 Å². The lowest BCUT2D eigenvalue weighted by molar-refractivity contribution is -0.0503. The van der Waals surface area contributed by atoms with Crippen LogP contribution in [0.15, 0.2) is 17.0 Å². The highest BCUT2D eigenvalue weighted by Crippen LogP contribution is 2.59. The Morgan fingerprint density at radius 1 is 1.07 bits per heavy atom. The van der Waals surface area contributed by atoms with Gasteiger partial charge in [-0.25, -0.2) is 13.1 Å². The van der Waals surface area contributed by atoms with E-state index in [0.717, 1.165) is 29.9 Å². The fourth-order valence-corrected chi connectivity index (χ4v) is 7.29. The van der Waals surface area contributed by atoms with Crippen molar-refractivity contribution in [3.05, 3.63) is 28.8 Å². The molecule has 6 heteroatoms. The summed E-state index contributed by atoms with van der Waals surface area (Å²) in [6, 6.07) is 3.29. The summed E-state index contributed by atoms with van der Waals surface area (Å²) in [6.45, 7) is 4.34. The van der Waals surface area contributed by atoms with Gasteiger partial charge >= 0.3 is 0 Å². The predicted octanol–water partition coefficient (Wildman–Crippen LogP) is 3.16. The zero-order chi connectivity index (χ0) is 19.4. The number of rotatable bonds is 5. The standard InChI is InChI=1S/C21H30N2O3S/c1-13-4-18(8-19(14(13)2)27(25,26)22-3)20(24)23-12-21-9-15-5-16(10-21)7-17(6-15)11-21/h4,8,15-17,22H,5-7,9-12H2,1-3H3,(H,23,24). The molecule has 5 rings (SSSR count). The van der Waals surface area contributed by atoms with E-state index in [0.29, 0.717) is 11.1 Å². The lowest BCUT2D eigenvalue weighted by Crippen LogP contribution is -2.51. The predicted molar refractivity (Wildman–Crippen MR) is 105 cm³/mol. The summed E-state index contributed by atoms with van der Waals surface area (Å²) in [5.41, 5.74) is 2.19. The number of aryl methyl sites for hydroxylation is 1. The van der Waals surface area contributed by atoms with Gasteiger partial charge in [-0.15, -0.1) is 0 Å². The van der Waals surface area contributed by atoms with Crippen molar-refractivity contribution in [3.63, 3.8) is 0 Å². The van der Waals surface area contributed by atoms with Crippen molar-refractivity contribution in [2.45, 2.75) is 57.3 Å². The van der Waals surface area contributed by atoms with Crippen molar-refractivity contribution in [2.75, 3.05) is 13.6 Å². The molecule has 0 saturated heterocycles. The molecule has 2 N–H and O–H groups in total. The molecule has 4 bridgehead atoms. The first-order valence-corrected chi connectivity index (χ1v) is 11.5. The molecule has 1 aromatic rings. The van der Waals surface area contributed by atoms with Gasteiger partial charge in [-0.3, -0.25) is 4.79 Å². The maximum Gasteiger partial charge on any atom is 0.251 e. The maximum absolute atomic E-state index is 12.8. The molecule has 4 aliphatic rings. The van der Waals surface area contributed by atoms with E-state index < -0.39 is 10.0 Å². The SMILES string of the molecule is CNS(=O)(=O)c1cc(C(=O)NCC23CC4CC(CC(C4)C2)C3)cc(C)c1C. The summed E-state index contributed by atoms with van der Waals surface area (Å²) in [6.07, 6.45) is 7.88. The Bertz CT molecular complexity index is 840. The van der Waals surface area contributed by atoms with E-state index in [9.17, 15) is 13.2 Å². The highest BCUT2D eigenvalue weighted by atomic mass is 32.2. The monoisotopic (exact) mass is 390 g/mol. The Hall–Kier alpha value is -1.40. The average molecular weight is 391 g/mol. The normalized spacial score (nSPS) is 31.9. The van der Waals surface area contributed by atoms with Crippen LogP contribution < -0.4 is 10.0 Å². The lowest BCUT2D eigenvalue weighted by atomic mass is 9.49. The summed E-state index contributed by atoms with van der Waals surface area (Å²) in [5, 5.41) is 3.15. The Kier molecular flexibility index (Phi) is 4.62. The molecule has 27 heavy (non-hydrogen) atoms. The Labute approximate surface area is 162 Å². The first-order valence-electron chi connectivity index (χ1n) is 10.0. The van der Waals surface area contributed by atoms with E-state index in [2.05, 4.69) is 10.0 Å². The smallest absolute Gasteiger partial charge is 0.251 e. The number of nitrogens with one attached hydrogen (secondary N) is 2. The Morgan fingerprint density at radius 2 is 1.63 bits per heavy atom. The quantitative estimate of drug-likeness (QED) is 0.811. The molecule has 1 amide bonds. The molecular formula is C21H30N2O3S. The van der Waals surface area contributed by atoms with E-state index >= 15 is 0 Å². The van der Waals surface area contributed by atoms with Crippen LogP contribution in [0, 0.1) is 37.0 Å². The highest BCUT2D eigenvalue weighted by molar-refractivity contribution is 7.89. The van der Waals surface area contributed by atoms with E-state index in [1.165, 1.54) is 51.6 Å². The van der Waals surface area contributed by atoms with Gasteiger partial charge in [0.25, 0.3) is 5.91 Å². The van der Waals surface area contributed by atoms with Crippen molar-refractivity contribution >= 4 is 15.9 Å². The minimum Gasteiger partial charge on any atom is -0.351 e. The number of amides is 1. The number of carbonyl (C=O) groups excluding carboxylic acids is 1. The maximum atomic E-state index is 12.8. The van der Waals surface area contributed by atoms with Gasteiger partial charge in [0.05, 0.1) is 4.90 Å². The van der Waals surface area contributed by atoms with Crippen LogP contribution in [0.1, 0.15) is 60.0 Å². The topological polar surface area (TPSA) is 75.3 Å². The first-order chi connectivity index (χ1) is 12.7. The molecule has 0 spiro atoms. The van der Waals surface area contributed by atoms with Crippen LogP contribution in [0.25, 0.3) is 0 Å². The molecule has 0 unspecified atom stereocenters. The minimum absolute atomic E-state index is 0.165. The second-order valence-corrected chi connectivity index (χ2v) is 11.1. The Balaban J connectivity index is 1.52. The number of sulfonamides is 1. The van der Waals surface area contributed by atoms with Crippen LogP contribution in [0.4, 0.5) is 0 Å². The van der Waals surface area contributed by atoms with E-state index in [1.807, 2.05) is 6.92 Å². The third-order valence-electron chi connectivity index (χ3n) is 7.23. The second-order valence-electron chi connectivity index (χ2n) is 9.22. The van der Waals surface area contributed by atoms with Gasteiger partial charge in [0.1, 0.15) is 0 Å². The zero-order valence-electron chi connectivity index (χ0n) is 16.5. The fourth-order valence-electron chi connectivity index (χ4n) is 6.22. The molecular weight excluding hydrogens is 360 g/mol. The summed E-state index contributed by atoms with van der Waals surface area (Å²) >= 11 is 0. The third-order valence-corrected chi connectivity index (χ3v) is 8.77. The van der Waals surface area contributed by atoms with Crippen LogP contribution in [0.2, 0.25) is 0 Å². The first kappa shape index (κ1) is 18.9. The summed E-state index contributed by atoms with van der Waals surface area (Å²) in [4.78, 5) is 13.0. The molecule has 0 aromatic heterocycles. The molecule has 0 aliphatic heterocycles. The van der Waals surface area contributed by atoms with Crippen LogP contribution in [-0.2, 0) is 10.0 Å². The van der Waals surface area contributed by atoms with Crippen LogP contribution >= 0.6 is 0 Å². The van der Waals surface area contributed by atoms with Crippen molar-refractivity contribution < 1.29 is 13.2 Å². The van der Waals surface area contributed by atoms with Crippen LogP contribution in [0.3, 0.4) is 0 Å². The van der Waals surface area contributed by atoms with Gasteiger partial charge in [-0.05, 0) is 106 Å². The van der Waals surface area contributed by atoms with Crippen molar-refractivity contribution in [2.24, 2.45) is 23.2 Å². The van der Waals surface area contributed by atoms with Crippen LogP contribution in [0.5, 0.6) is 0 Å². The molecule has 4 aliphatic carbocycles. The summed E-state index contributed by atoms with van der Waals surface area (Å²) < 4.78 is 26.9. The molecule has 0 heterocycles. The van der Waals surface area contributed by atoms with Crippen molar-refractivity contribution in [1.82, 2.24) is 10.0 Å². The van der Waals surface area contributed by atoms with Gasteiger partial charge in [0, 0.05) is 12.1 Å². The number of hydrogen-bond donors (Lipinski definition) is 2. The summed E-state index contributed by atoms with van der Waals surface area (Å²) in [5.74, 6) is 2.38. The van der Waals surface area contributed by atoms with Gasteiger partial charge in [0.2, 0.25) is 10.0 Å². The Morgan fingerprint density at radius 3 is 2.15 bits per heavy atom. The van der Waals surface area contributed by atoms with Gasteiger partial charge in [0.15, 0.2) is 0 Å². The number of benzene rings is 1. The largest absolute Gasteiger partial charge is 0.351 e. The molecule has 148 valence electrons. The van der Waals surface area contributed by atoms with E-state index in [1.54, 1.807) is 13.0 Å². The van der Waals surface area contributed by atoms with E-state index in [4.69, 9.17) is 0 Å². The third kappa shape index (κ3) is 3.42. The summed E-state index contributed by atoms with van der Waals surface area (Å²) in [7, 11) is -2.20. The number of hydrogen-bond acceptors (Lipinski definition) is 3. The molecule has 1 aromatic carbocycles. The lowest BCUT2D eigenvalue weighted by Gasteiger charge is -2.56. The van der Waals surface area contributed by atoms with Crippen molar-refractivity contribution in [1.29, 1.82) is 0 Å². The molecule has 4 saturated carbocycles. The second kappa shape index (κ2) is 6.59. The van der Waals surface area contributed by atoms with Gasteiger partial charge in [-0.2, -0.15) is 0 Å². The molecule has 0 radical (unpaired) electrons. The zero-order valence-corrected chi connectivity index (χ0v) is 17.3. The number of carbonyl (C=O) groups is 1. The highest BCUT2D eigenvalue weighted by Gasteiger charge is 2.50. The van der Waals surface area contributed by atoms with Gasteiger partial charge < -0.3 is 5.32 Å². The van der Waals surface area contributed by atoms with Crippen LogP contribution in [-0.4, -0.2) is 27.9 Å².